The third kappa shape index (κ3) is 2.53. The van der Waals surface area contributed by atoms with Gasteiger partial charge in [0.2, 0.25) is 0 Å². The molecule has 1 aliphatic rings. The molecule has 0 spiro atoms. The van der Waals surface area contributed by atoms with E-state index in [0.717, 1.165) is 12.2 Å². The van der Waals surface area contributed by atoms with Gasteiger partial charge in [-0.25, -0.2) is 4.79 Å². The number of anilines is 2. The summed E-state index contributed by atoms with van der Waals surface area (Å²) in [6.45, 7) is 5.45. The number of nitrogen functional groups attached to an aromatic ring is 1. The molecule has 1 aliphatic heterocycles. The Hall–Kier alpha value is -1.71. The van der Waals surface area contributed by atoms with Crippen molar-refractivity contribution >= 4 is 17.3 Å². The van der Waals surface area contributed by atoms with E-state index < -0.39 is 0 Å². The average Bonchev–Trinajstić information content (AvgIpc) is 2.87. The highest BCUT2D eigenvalue weighted by Crippen LogP contribution is 2.35. The molecule has 1 aromatic rings. The highest BCUT2D eigenvalue weighted by Gasteiger charge is 2.29. The second-order valence-corrected chi connectivity index (χ2v) is 5.38. The Bertz CT molecular complexity index is 471. The van der Waals surface area contributed by atoms with Crippen LogP contribution >= 0.6 is 0 Å². The Morgan fingerprint density at radius 2 is 2.21 bits per heavy atom. The van der Waals surface area contributed by atoms with Crippen molar-refractivity contribution in [3.05, 3.63) is 23.8 Å². The molecular weight excluding hydrogens is 240 g/mol. The lowest BCUT2D eigenvalue weighted by Crippen LogP contribution is -2.34. The number of para-hydroxylation sites is 1. The molecule has 4 nitrogen and oxygen atoms in total. The number of methoxy groups -OCH3 is 1. The molecule has 0 saturated carbocycles. The van der Waals surface area contributed by atoms with E-state index in [2.05, 4.69) is 18.7 Å². The van der Waals surface area contributed by atoms with Crippen molar-refractivity contribution in [3.8, 4) is 0 Å². The molecule has 104 valence electrons. The van der Waals surface area contributed by atoms with E-state index >= 15 is 0 Å². The van der Waals surface area contributed by atoms with Crippen molar-refractivity contribution in [2.45, 2.75) is 32.7 Å². The third-order valence-corrected chi connectivity index (χ3v) is 3.87. The first-order chi connectivity index (χ1) is 9.06. The maximum atomic E-state index is 11.7. The number of esters is 1. The van der Waals surface area contributed by atoms with Gasteiger partial charge in [-0.15, -0.1) is 0 Å². The lowest BCUT2D eigenvalue weighted by Gasteiger charge is -2.31. The van der Waals surface area contributed by atoms with Gasteiger partial charge in [-0.1, -0.05) is 19.9 Å². The van der Waals surface area contributed by atoms with Gasteiger partial charge >= 0.3 is 5.97 Å². The van der Waals surface area contributed by atoms with E-state index in [1.54, 1.807) is 6.07 Å². The number of hydrogen-bond donors (Lipinski definition) is 1. The lowest BCUT2D eigenvalue weighted by molar-refractivity contribution is 0.0602. The van der Waals surface area contributed by atoms with Gasteiger partial charge in [-0.2, -0.15) is 0 Å². The number of carbonyl (C=O) groups excluding carboxylic acids is 1. The Balaban J connectivity index is 2.37. The molecule has 4 heteroatoms. The van der Waals surface area contributed by atoms with Crippen molar-refractivity contribution in [1.29, 1.82) is 0 Å². The van der Waals surface area contributed by atoms with Crippen molar-refractivity contribution in [1.82, 2.24) is 0 Å². The van der Waals surface area contributed by atoms with Crippen LogP contribution in [-0.4, -0.2) is 25.7 Å². The summed E-state index contributed by atoms with van der Waals surface area (Å²) in [6.07, 6.45) is 2.35. The molecule has 0 bridgehead atoms. The molecule has 0 aromatic heterocycles. The predicted octanol–water partition coefficient (Wildman–Crippen LogP) is 2.68. The van der Waals surface area contributed by atoms with Gasteiger partial charge in [0.05, 0.1) is 24.0 Å². The quantitative estimate of drug-likeness (QED) is 0.672. The zero-order valence-electron chi connectivity index (χ0n) is 11.8. The molecule has 0 radical (unpaired) electrons. The Morgan fingerprint density at radius 3 is 2.84 bits per heavy atom. The first-order valence-electron chi connectivity index (χ1n) is 6.79. The number of ether oxygens (including phenoxy) is 1. The summed E-state index contributed by atoms with van der Waals surface area (Å²) in [4.78, 5) is 14.0. The molecule has 1 aromatic carbocycles. The molecule has 1 saturated heterocycles. The minimum absolute atomic E-state index is 0.375. The molecule has 1 fully saturated rings. The van der Waals surface area contributed by atoms with Gasteiger partial charge < -0.3 is 15.4 Å². The first-order valence-corrected chi connectivity index (χ1v) is 6.79. The van der Waals surface area contributed by atoms with E-state index in [0.29, 0.717) is 23.2 Å². The smallest absolute Gasteiger partial charge is 0.340 e. The fraction of sp³-hybridized carbons (Fsp3) is 0.533. The first kappa shape index (κ1) is 13.7. The van der Waals surface area contributed by atoms with Crippen molar-refractivity contribution in [2.24, 2.45) is 5.92 Å². The molecule has 0 aliphatic carbocycles. The summed E-state index contributed by atoms with van der Waals surface area (Å²) in [6, 6.07) is 6.07. The Kier molecular flexibility index (Phi) is 3.98. The highest BCUT2D eigenvalue weighted by atomic mass is 16.5. The van der Waals surface area contributed by atoms with Crippen LogP contribution in [0.2, 0.25) is 0 Å². The van der Waals surface area contributed by atoms with Gasteiger partial charge in [-0.3, -0.25) is 0 Å². The number of nitrogens with zero attached hydrogens (tertiary/aromatic N) is 1. The van der Waals surface area contributed by atoms with Crippen molar-refractivity contribution < 1.29 is 9.53 Å². The van der Waals surface area contributed by atoms with Crippen LogP contribution < -0.4 is 10.6 Å². The molecule has 2 rings (SSSR count). The van der Waals surface area contributed by atoms with Crippen LogP contribution in [0.4, 0.5) is 11.4 Å². The van der Waals surface area contributed by atoms with Gasteiger partial charge in [0.1, 0.15) is 0 Å². The zero-order chi connectivity index (χ0) is 14.0. The standard InChI is InChI=1S/C15H22N2O2/c1-10(2)12-8-5-9-17(12)13-7-4-6-11(14(13)16)15(18)19-3/h4,6-7,10,12H,5,8-9,16H2,1-3H3. The highest BCUT2D eigenvalue weighted by molar-refractivity contribution is 5.98. The van der Waals surface area contributed by atoms with Crippen LogP contribution in [-0.2, 0) is 4.74 Å². The summed E-state index contributed by atoms with van der Waals surface area (Å²) in [5.41, 5.74) is 8.10. The lowest BCUT2D eigenvalue weighted by atomic mass is 10.0. The summed E-state index contributed by atoms with van der Waals surface area (Å²) in [5.74, 6) is 0.198. The summed E-state index contributed by atoms with van der Waals surface area (Å²) >= 11 is 0. The molecule has 1 atom stereocenters. The summed E-state index contributed by atoms with van der Waals surface area (Å²) in [7, 11) is 1.38. The van der Waals surface area contributed by atoms with E-state index in [1.165, 1.54) is 20.0 Å². The molecule has 1 heterocycles. The monoisotopic (exact) mass is 262 g/mol. The number of rotatable bonds is 3. The molecule has 2 N–H and O–H groups in total. The number of hydrogen-bond acceptors (Lipinski definition) is 4. The van der Waals surface area contributed by atoms with Crippen molar-refractivity contribution in [2.75, 3.05) is 24.3 Å². The maximum Gasteiger partial charge on any atom is 0.340 e. The van der Waals surface area contributed by atoms with Crippen LogP contribution in [0.15, 0.2) is 18.2 Å². The average molecular weight is 262 g/mol. The predicted molar refractivity (Wildman–Crippen MR) is 77.4 cm³/mol. The van der Waals surface area contributed by atoms with E-state index in [1.807, 2.05) is 12.1 Å². The molecule has 1 unspecified atom stereocenters. The molecule has 0 amide bonds. The second-order valence-electron chi connectivity index (χ2n) is 5.38. The normalized spacial score (nSPS) is 18.9. The number of carbonyl (C=O) groups is 1. The van der Waals surface area contributed by atoms with Crippen LogP contribution in [0.25, 0.3) is 0 Å². The molecular formula is C15H22N2O2. The fourth-order valence-electron chi connectivity index (χ4n) is 2.88. The fourth-order valence-corrected chi connectivity index (χ4v) is 2.88. The van der Waals surface area contributed by atoms with E-state index in [9.17, 15) is 4.79 Å². The van der Waals surface area contributed by atoms with Crippen LogP contribution in [0, 0.1) is 5.92 Å². The van der Waals surface area contributed by atoms with Crippen LogP contribution in [0.1, 0.15) is 37.0 Å². The summed E-state index contributed by atoms with van der Waals surface area (Å²) < 4.78 is 4.77. The zero-order valence-corrected chi connectivity index (χ0v) is 11.8. The van der Waals surface area contributed by atoms with E-state index in [4.69, 9.17) is 10.5 Å². The number of benzene rings is 1. The van der Waals surface area contributed by atoms with Crippen molar-refractivity contribution in [3.63, 3.8) is 0 Å². The second kappa shape index (κ2) is 5.51. The van der Waals surface area contributed by atoms with Gasteiger partial charge in [-0.05, 0) is 30.9 Å². The minimum Gasteiger partial charge on any atom is -0.465 e. The van der Waals surface area contributed by atoms with Gasteiger partial charge in [0, 0.05) is 12.6 Å². The molecule has 19 heavy (non-hydrogen) atoms. The largest absolute Gasteiger partial charge is 0.465 e. The third-order valence-electron chi connectivity index (χ3n) is 3.87. The number of nitrogens with two attached hydrogens (primary N) is 1. The SMILES string of the molecule is COC(=O)c1cccc(N2CCCC2C(C)C)c1N. The minimum atomic E-state index is -0.375. The Morgan fingerprint density at radius 1 is 1.47 bits per heavy atom. The van der Waals surface area contributed by atoms with Crippen LogP contribution in [0.5, 0.6) is 0 Å². The van der Waals surface area contributed by atoms with Gasteiger partial charge in [0.25, 0.3) is 0 Å². The van der Waals surface area contributed by atoms with E-state index in [-0.39, 0.29) is 5.97 Å². The van der Waals surface area contributed by atoms with Gasteiger partial charge in [0.15, 0.2) is 0 Å². The van der Waals surface area contributed by atoms with Crippen LogP contribution in [0.3, 0.4) is 0 Å². The Labute approximate surface area is 114 Å². The summed E-state index contributed by atoms with van der Waals surface area (Å²) in [5, 5.41) is 0. The maximum absolute atomic E-state index is 11.7. The topological polar surface area (TPSA) is 55.6 Å².